The third-order valence-corrected chi connectivity index (χ3v) is 6.24. The molecule has 0 fully saturated rings. The first-order chi connectivity index (χ1) is 15.6. The Morgan fingerprint density at radius 2 is 1.55 bits per heavy atom. The van der Waals surface area contributed by atoms with E-state index in [-0.39, 0.29) is 6.04 Å². The summed E-state index contributed by atoms with van der Waals surface area (Å²) < 4.78 is 0. The van der Waals surface area contributed by atoms with Gasteiger partial charge in [0.1, 0.15) is 6.04 Å². The van der Waals surface area contributed by atoms with E-state index in [9.17, 15) is 9.59 Å². The minimum Gasteiger partial charge on any atom is -0.480 e. The Morgan fingerprint density at radius 3 is 2.15 bits per heavy atom. The van der Waals surface area contributed by atoms with Gasteiger partial charge in [0.05, 0.1) is 10.0 Å². The lowest BCUT2D eigenvalue weighted by Gasteiger charge is -2.18. The number of carboxylic acid groups (broad SMARTS) is 1. The average molecular weight is 485 g/mol. The quantitative estimate of drug-likeness (QED) is 0.350. The molecule has 3 N–H and O–H groups in total. The highest BCUT2D eigenvalue weighted by molar-refractivity contribution is 6.42. The summed E-state index contributed by atoms with van der Waals surface area (Å²) in [6, 6.07) is 16.5. The van der Waals surface area contributed by atoms with Crippen molar-refractivity contribution in [3.8, 4) is 11.1 Å². The fourth-order valence-electron chi connectivity index (χ4n) is 3.72. The third kappa shape index (κ3) is 5.86. The van der Waals surface area contributed by atoms with Crippen LogP contribution < -0.4 is 10.6 Å². The van der Waals surface area contributed by atoms with Gasteiger partial charge in [-0.1, -0.05) is 53.5 Å². The molecule has 0 saturated carbocycles. The molecule has 172 valence electrons. The number of benzene rings is 3. The van der Waals surface area contributed by atoms with Crippen LogP contribution >= 0.6 is 23.2 Å². The molecule has 1 unspecified atom stereocenters. The Morgan fingerprint density at radius 1 is 0.879 bits per heavy atom. The Hall–Kier alpha value is -3.02. The molecule has 0 aliphatic carbocycles. The molecule has 0 heterocycles. The Labute approximate surface area is 203 Å². The van der Waals surface area contributed by atoms with E-state index in [0.29, 0.717) is 15.6 Å². The fraction of sp³-hybridized carbons (Fsp3) is 0.231. The summed E-state index contributed by atoms with van der Waals surface area (Å²) in [5.41, 5.74) is 5.99. The highest BCUT2D eigenvalue weighted by Gasteiger charge is 2.19. The number of anilines is 1. The Balaban J connectivity index is 1.84. The molecule has 0 aliphatic rings. The lowest BCUT2D eigenvalue weighted by molar-refractivity contribution is -0.138. The van der Waals surface area contributed by atoms with Crippen molar-refractivity contribution in [3.63, 3.8) is 0 Å². The molecule has 0 aromatic heterocycles. The van der Waals surface area contributed by atoms with Gasteiger partial charge in [0, 0.05) is 17.3 Å². The standard InChI is InChI=1S/C26H26Cl2N2O3/c1-14-10-20(11-15(2)24(14)25(31)30-17(4)26(32)33)19-6-5-7-21(12-19)29-16(3)18-8-9-22(27)23(28)13-18/h5-13,16-17,29H,1-4H3,(H,30,31)(H,32,33)/t16?,17-/m0/s1. The maximum Gasteiger partial charge on any atom is 0.325 e. The number of hydrogen-bond donors (Lipinski definition) is 3. The van der Waals surface area contributed by atoms with Gasteiger partial charge in [0.15, 0.2) is 0 Å². The van der Waals surface area contributed by atoms with Crippen LogP contribution in [0.25, 0.3) is 11.1 Å². The van der Waals surface area contributed by atoms with Crippen LogP contribution in [0.15, 0.2) is 54.6 Å². The predicted octanol–water partition coefficient (Wildman–Crippen LogP) is 6.65. The van der Waals surface area contributed by atoms with Crippen molar-refractivity contribution in [2.24, 2.45) is 0 Å². The number of carbonyl (C=O) groups is 2. The van der Waals surface area contributed by atoms with Crippen LogP contribution in [0.5, 0.6) is 0 Å². The maximum absolute atomic E-state index is 12.6. The van der Waals surface area contributed by atoms with Crippen molar-refractivity contribution in [2.75, 3.05) is 5.32 Å². The monoisotopic (exact) mass is 484 g/mol. The van der Waals surface area contributed by atoms with E-state index in [4.69, 9.17) is 28.3 Å². The van der Waals surface area contributed by atoms with Gasteiger partial charge in [-0.3, -0.25) is 9.59 Å². The van der Waals surface area contributed by atoms with Gasteiger partial charge in [-0.25, -0.2) is 0 Å². The summed E-state index contributed by atoms with van der Waals surface area (Å²) >= 11 is 12.2. The summed E-state index contributed by atoms with van der Waals surface area (Å²) in [7, 11) is 0. The van der Waals surface area contributed by atoms with Crippen LogP contribution in [0.3, 0.4) is 0 Å². The van der Waals surface area contributed by atoms with E-state index in [2.05, 4.69) is 16.7 Å². The van der Waals surface area contributed by atoms with E-state index in [1.54, 1.807) is 6.07 Å². The summed E-state index contributed by atoms with van der Waals surface area (Å²) in [6.45, 7) is 7.19. The van der Waals surface area contributed by atoms with Gasteiger partial charge in [0.2, 0.25) is 0 Å². The minimum absolute atomic E-state index is 0.0146. The van der Waals surface area contributed by atoms with Gasteiger partial charge in [0.25, 0.3) is 5.91 Å². The topological polar surface area (TPSA) is 78.4 Å². The highest BCUT2D eigenvalue weighted by atomic mass is 35.5. The molecule has 5 nitrogen and oxygen atoms in total. The van der Waals surface area contributed by atoms with Crippen molar-refractivity contribution in [1.82, 2.24) is 5.32 Å². The second-order valence-corrected chi connectivity index (χ2v) is 8.95. The molecule has 0 bridgehead atoms. The molecular formula is C26H26Cl2N2O3. The lowest BCUT2D eigenvalue weighted by Crippen LogP contribution is -2.38. The van der Waals surface area contributed by atoms with Crippen molar-refractivity contribution >= 4 is 40.8 Å². The zero-order valence-electron chi connectivity index (χ0n) is 18.9. The number of aliphatic carboxylic acids is 1. The molecule has 33 heavy (non-hydrogen) atoms. The number of amides is 1. The summed E-state index contributed by atoms with van der Waals surface area (Å²) in [6.07, 6.45) is 0. The van der Waals surface area contributed by atoms with Gasteiger partial charge in [-0.2, -0.15) is 0 Å². The van der Waals surface area contributed by atoms with Crippen LogP contribution in [-0.2, 0) is 4.79 Å². The molecule has 3 rings (SSSR count). The average Bonchev–Trinajstić information content (AvgIpc) is 2.75. The van der Waals surface area contributed by atoms with Gasteiger partial charge < -0.3 is 15.7 Å². The van der Waals surface area contributed by atoms with Crippen molar-refractivity contribution < 1.29 is 14.7 Å². The molecular weight excluding hydrogens is 459 g/mol. The van der Waals surface area contributed by atoms with Crippen molar-refractivity contribution in [2.45, 2.75) is 39.8 Å². The van der Waals surface area contributed by atoms with Gasteiger partial charge >= 0.3 is 5.97 Å². The van der Waals surface area contributed by atoms with Crippen molar-refractivity contribution in [3.05, 3.63) is 86.9 Å². The summed E-state index contributed by atoms with van der Waals surface area (Å²) in [4.78, 5) is 23.7. The SMILES string of the molecule is Cc1cc(-c2cccc(NC(C)c3ccc(Cl)c(Cl)c3)c2)cc(C)c1C(=O)N[C@@H](C)C(=O)O. The zero-order chi connectivity index (χ0) is 24.3. The number of aryl methyl sites for hydroxylation is 2. The molecule has 7 heteroatoms. The second-order valence-electron chi connectivity index (χ2n) is 8.14. The van der Waals surface area contributed by atoms with E-state index in [0.717, 1.165) is 33.5 Å². The lowest BCUT2D eigenvalue weighted by atomic mass is 9.94. The molecule has 0 radical (unpaired) electrons. The third-order valence-electron chi connectivity index (χ3n) is 5.50. The molecule has 1 amide bonds. The Kier molecular flexibility index (Phi) is 7.67. The molecule has 3 aromatic carbocycles. The first-order valence-corrected chi connectivity index (χ1v) is 11.3. The summed E-state index contributed by atoms with van der Waals surface area (Å²) in [5.74, 6) is -1.47. The van der Waals surface area contributed by atoms with E-state index in [1.807, 2.05) is 63.2 Å². The molecule has 0 aliphatic heterocycles. The van der Waals surface area contributed by atoms with E-state index >= 15 is 0 Å². The van der Waals surface area contributed by atoms with Gasteiger partial charge in [-0.15, -0.1) is 0 Å². The largest absolute Gasteiger partial charge is 0.480 e. The number of carbonyl (C=O) groups excluding carboxylic acids is 1. The molecule has 3 aromatic rings. The number of nitrogens with one attached hydrogen (secondary N) is 2. The fourth-order valence-corrected chi connectivity index (χ4v) is 4.03. The minimum atomic E-state index is -1.07. The molecule has 2 atom stereocenters. The number of hydrogen-bond acceptors (Lipinski definition) is 3. The first kappa shape index (κ1) is 24.6. The highest BCUT2D eigenvalue weighted by Crippen LogP contribution is 2.30. The number of rotatable bonds is 7. The first-order valence-electron chi connectivity index (χ1n) is 10.5. The normalized spacial score (nSPS) is 12.7. The Bertz CT molecular complexity index is 1190. The second kappa shape index (κ2) is 10.3. The number of halogens is 2. The van der Waals surface area contributed by atoms with Gasteiger partial charge in [-0.05, 0) is 79.8 Å². The molecule has 0 spiro atoms. The number of carboxylic acids is 1. The maximum atomic E-state index is 12.6. The van der Waals surface area contributed by atoms with Crippen LogP contribution in [0.4, 0.5) is 5.69 Å². The zero-order valence-corrected chi connectivity index (χ0v) is 20.4. The van der Waals surface area contributed by atoms with E-state index in [1.165, 1.54) is 6.92 Å². The molecule has 0 saturated heterocycles. The van der Waals surface area contributed by atoms with Crippen LogP contribution in [0, 0.1) is 13.8 Å². The smallest absolute Gasteiger partial charge is 0.325 e. The van der Waals surface area contributed by atoms with Crippen molar-refractivity contribution in [1.29, 1.82) is 0 Å². The van der Waals surface area contributed by atoms with Crippen LogP contribution in [-0.4, -0.2) is 23.0 Å². The van der Waals surface area contributed by atoms with Crippen LogP contribution in [0.1, 0.15) is 46.9 Å². The summed E-state index contributed by atoms with van der Waals surface area (Å²) in [5, 5.41) is 16.1. The van der Waals surface area contributed by atoms with E-state index < -0.39 is 17.9 Å². The van der Waals surface area contributed by atoms with Crippen LogP contribution in [0.2, 0.25) is 10.0 Å². The predicted molar refractivity (Wildman–Crippen MR) is 134 cm³/mol.